The maximum atomic E-state index is 7.34. The Bertz CT molecular complexity index is 254. The Morgan fingerprint density at radius 3 is 1.79 bits per heavy atom. The van der Waals surface area contributed by atoms with Gasteiger partial charge in [-0.1, -0.05) is 32.1 Å². The van der Waals surface area contributed by atoms with E-state index >= 15 is 0 Å². The summed E-state index contributed by atoms with van der Waals surface area (Å²) in [6.45, 7) is 15.6. The first-order valence-electron chi connectivity index (χ1n) is 5.05. The van der Waals surface area contributed by atoms with Crippen molar-refractivity contribution in [2.45, 2.75) is 41.5 Å². The van der Waals surface area contributed by atoms with Crippen LogP contribution in [0.4, 0.5) is 0 Å². The lowest BCUT2D eigenvalue weighted by Gasteiger charge is -2.06. The Morgan fingerprint density at radius 1 is 1.14 bits per heavy atom. The molecule has 0 atom stereocenters. The average Bonchev–Trinajstić information content (AvgIpc) is 2.15. The minimum absolute atomic E-state index is 0.564. The number of rotatable bonds is 3. The van der Waals surface area contributed by atoms with E-state index in [2.05, 4.69) is 6.58 Å². The molecule has 0 rings (SSSR count). The molecular weight excluding hydrogens is 170 g/mol. The highest BCUT2D eigenvalue weighted by molar-refractivity contribution is 5.92. The molecule has 1 N–H and O–H groups in total. The van der Waals surface area contributed by atoms with E-state index in [4.69, 9.17) is 5.41 Å². The number of nitrogens with one attached hydrogen (secondary N) is 1. The Kier molecular flexibility index (Phi) is 9.31. The van der Waals surface area contributed by atoms with Gasteiger partial charge in [0.15, 0.2) is 0 Å². The van der Waals surface area contributed by atoms with Gasteiger partial charge < -0.3 is 5.41 Å². The predicted octanol–water partition coefficient (Wildman–Crippen LogP) is 4.52. The van der Waals surface area contributed by atoms with Crippen LogP contribution in [-0.4, -0.2) is 5.71 Å². The maximum absolute atomic E-state index is 7.34. The SMILES string of the molecule is C=C(C)C(=C/C(C)=N)/C(C)=C\C.CC. The van der Waals surface area contributed by atoms with Crippen molar-refractivity contribution in [2.75, 3.05) is 0 Å². The van der Waals surface area contributed by atoms with E-state index in [-0.39, 0.29) is 0 Å². The Labute approximate surface area is 88.7 Å². The van der Waals surface area contributed by atoms with Gasteiger partial charge in [0.05, 0.1) is 0 Å². The van der Waals surface area contributed by atoms with Crippen molar-refractivity contribution in [2.24, 2.45) is 0 Å². The molecule has 0 heterocycles. The number of hydrogen-bond acceptors (Lipinski definition) is 1. The van der Waals surface area contributed by atoms with Crippen LogP contribution in [-0.2, 0) is 0 Å². The zero-order valence-electron chi connectivity index (χ0n) is 10.4. The smallest absolute Gasteiger partial charge is 0.0289 e. The van der Waals surface area contributed by atoms with Crippen molar-refractivity contribution in [3.05, 3.63) is 35.5 Å². The van der Waals surface area contributed by atoms with E-state index in [1.165, 1.54) is 5.57 Å². The molecule has 80 valence electrons. The second-order valence-corrected chi connectivity index (χ2v) is 2.99. The van der Waals surface area contributed by atoms with Gasteiger partial charge in [0, 0.05) is 5.71 Å². The van der Waals surface area contributed by atoms with E-state index in [1.807, 2.05) is 46.8 Å². The largest absolute Gasteiger partial charge is 0.306 e. The summed E-state index contributed by atoms with van der Waals surface area (Å²) in [7, 11) is 0. The summed E-state index contributed by atoms with van der Waals surface area (Å²) in [5.74, 6) is 0. The molecular formula is C13H23N. The van der Waals surface area contributed by atoms with Gasteiger partial charge in [-0.25, -0.2) is 0 Å². The lowest BCUT2D eigenvalue weighted by Crippen LogP contribution is -1.91. The van der Waals surface area contributed by atoms with Gasteiger partial charge in [0.25, 0.3) is 0 Å². The summed E-state index contributed by atoms with van der Waals surface area (Å²) in [5.41, 5.74) is 3.82. The minimum atomic E-state index is 0.564. The maximum Gasteiger partial charge on any atom is 0.0289 e. The van der Waals surface area contributed by atoms with Crippen molar-refractivity contribution >= 4 is 5.71 Å². The fourth-order valence-corrected chi connectivity index (χ4v) is 0.946. The van der Waals surface area contributed by atoms with Gasteiger partial charge in [0.2, 0.25) is 0 Å². The van der Waals surface area contributed by atoms with Crippen LogP contribution in [0.1, 0.15) is 41.5 Å². The lowest BCUT2D eigenvalue weighted by atomic mass is 10.00. The van der Waals surface area contributed by atoms with E-state index in [1.54, 1.807) is 6.92 Å². The summed E-state index contributed by atoms with van der Waals surface area (Å²) < 4.78 is 0. The summed E-state index contributed by atoms with van der Waals surface area (Å²) in [6, 6.07) is 0. The first-order valence-corrected chi connectivity index (χ1v) is 5.05. The van der Waals surface area contributed by atoms with Gasteiger partial charge in [-0.05, 0) is 44.9 Å². The molecule has 0 aromatic carbocycles. The van der Waals surface area contributed by atoms with Gasteiger partial charge in [-0.3, -0.25) is 0 Å². The monoisotopic (exact) mass is 193 g/mol. The van der Waals surface area contributed by atoms with E-state index < -0.39 is 0 Å². The molecule has 0 aliphatic carbocycles. The van der Waals surface area contributed by atoms with Crippen LogP contribution < -0.4 is 0 Å². The predicted molar refractivity (Wildman–Crippen MR) is 67.1 cm³/mol. The molecule has 0 aromatic heterocycles. The van der Waals surface area contributed by atoms with Crippen molar-refractivity contribution in [1.82, 2.24) is 0 Å². The molecule has 0 aliphatic rings. The van der Waals surface area contributed by atoms with Crippen LogP contribution in [0.3, 0.4) is 0 Å². The molecule has 0 aliphatic heterocycles. The summed E-state index contributed by atoms with van der Waals surface area (Å²) in [4.78, 5) is 0. The summed E-state index contributed by atoms with van der Waals surface area (Å²) in [5, 5.41) is 7.34. The van der Waals surface area contributed by atoms with Crippen molar-refractivity contribution in [1.29, 1.82) is 5.41 Å². The lowest BCUT2D eigenvalue weighted by molar-refractivity contribution is 1.31. The van der Waals surface area contributed by atoms with Crippen LogP contribution in [0.5, 0.6) is 0 Å². The Balaban J connectivity index is 0. The summed E-state index contributed by atoms with van der Waals surface area (Å²) >= 11 is 0. The topological polar surface area (TPSA) is 23.9 Å². The molecule has 0 unspecified atom stereocenters. The van der Waals surface area contributed by atoms with Crippen LogP contribution >= 0.6 is 0 Å². The van der Waals surface area contributed by atoms with Crippen molar-refractivity contribution in [3.8, 4) is 0 Å². The Hall–Kier alpha value is -1.11. The van der Waals surface area contributed by atoms with E-state index in [0.29, 0.717) is 5.71 Å². The quantitative estimate of drug-likeness (QED) is 0.503. The van der Waals surface area contributed by atoms with Crippen LogP contribution in [0.25, 0.3) is 0 Å². The van der Waals surface area contributed by atoms with Crippen LogP contribution in [0.2, 0.25) is 0 Å². The Morgan fingerprint density at radius 2 is 1.57 bits per heavy atom. The molecule has 0 bridgehead atoms. The van der Waals surface area contributed by atoms with E-state index in [9.17, 15) is 0 Å². The second kappa shape index (κ2) is 8.49. The first kappa shape index (κ1) is 15.4. The molecule has 1 nitrogen and oxygen atoms in total. The molecule has 1 heteroatoms. The highest BCUT2D eigenvalue weighted by atomic mass is 14.4. The van der Waals surface area contributed by atoms with Crippen molar-refractivity contribution in [3.63, 3.8) is 0 Å². The molecule has 0 saturated heterocycles. The first-order chi connectivity index (χ1) is 6.49. The molecule has 14 heavy (non-hydrogen) atoms. The highest BCUT2D eigenvalue weighted by Gasteiger charge is 1.99. The van der Waals surface area contributed by atoms with Gasteiger partial charge in [-0.15, -0.1) is 0 Å². The number of hydrogen-bond donors (Lipinski definition) is 1. The molecule has 0 spiro atoms. The third-order valence-corrected chi connectivity index (χ3v) is 1.68. The summed E-state index contributed by atoms with van der Waals surface area (Å²) in [6.07, 6.45) is 3.88. The molecule has 0 amide bonds. The van der Waals surface area contributed by atoms with Crippen molar-refractivity contribution < 1.29 is 0 Å². The second-order valence-electron chi connectivity index (χ2n) is 2.99. The van der Waals surface area contributed by atoms with E-state index in [0.717, 1.165) is 11.1 Å². The zero-order chi connectivity index (χ0) is 11.7. The fourth-order valence-electron chi connectivity index (χ4n) is 0.946. The molecule has 0 fully saturated rings. The van der Waals surface area contributed by atoms with Crippen LogP contribution in [0, 0.1) is 5.41 Å². The zero-order valence-corrected chi connectivity index (χ0v) is 10.4. The average molecular weight is 193 g/mol. The molecule has 0 radical (unpaired) electrons. The molecule has 0 aromatic rings. The standard InChI is InChI=1S/C11H17N.C2H6/c1-6-9(4)11(8(2)3)7-10(5)12;1-2/h6-7,12H,2H2,1,3-5H3;1-2H3/b9-6-,11-7-,12-10?;. The normalized spacial score (nSPS) is 11.6. The molecule has 0 saturated carbocycles. The fraction of sp³-hybridized carbons (Fsp3) is 0.462. The highest BCUT2D eigenvalue weighted by Crippen LogP contribution is 2.16. The third-order valence-electron chi connectivity index (χ3n) is 1.68. The van der Waals surface area contributed by atoms with Gasteiger partial charge >= 0.3 is 0 Å². The van der Waals surface area contributed by atoms with Gasteiger partial charge in [0.1, 0.15) is 0 Å². The minimum Gasteiger partial charge on any atom is -0.306 e. The number of allylic oxidation sites excluding steroid dienone is 5. The van der Waals surface area contributed by atoms with Crippen LogP contribution in [0.15, 0.2) is 35.5 Å². The van der Waals surface area contributed by atoms with Gasteiger partial charge in [-0.2, -0.15) is 0 Å². The third kappa shape index (κ3) is 6.41.